The van der Waals surface area contributed by atoms with Gasteiger partial charge < -0.3 is 15.4 Å². The van der Waals surface area contributed by atoms with E-state index in [-0.39, 0.29) is 42.3 Å². The Bertz CT molecular complexity index is 940. The van der Waals surface area contributed by atoms with Crippen molar-refractivity contribution in [2.75, 3.05) is 26.7 Å². The quantitative estimate of drug-likeness (QED) is 0.236. The molecule has 0 radical (unpaired) electrons. The van der Waals surface area contributed by atoms with E-state index in [1.54, 1.807) is 31.3 Å². The molecule has 0 unspecified atom stereocenters. The van der Waals surface area contributed by atoms with Gasteiger partial charge in [0.25, 0.3) is 11.8 Å². The topological polar surface area (TPSA) is 83.0 Å². The number of guanidine groups is 1. The van der Waals surface area contributed by atoms with Gasteiger partial charge in [-0.25, -0.2) is 0 Å². The third kappa shape index (κ3) is 5.55. The summed E-state index contributed by atoms with van der Waals surface area (Å²) in [5, 5.41) is 6.43. The normalized spacial score (nSPS) is 15.4. The van der Waals surface area contributed by atoms with E-state index in [2.05, 4.69) is 15.6 Å². The predicted octanol–water partition coefficient (Wildman–Crippen LogP) is 3.05. The molecule has 2 N–H and O–H groups in total. The Labute approximate surface area is 199 Å². The van der Waals surface area contributed by atoms with E-state index in [1.165, 1.54) is 17.7 Å². The SMILES string of the molecule is CN=C(NCCN1C(=O)c2ccccc2C1=O)NCc1ccccc1OCC1CC1.I. The Morgan fingerprint density at radius 2 is 1.68 bits per heavy atom. The average Bonchev–Trinajstić information content (AvgIpc) is 3.58. The zero-order valence-electron chi connectivity index (χ0n) is 17.5. The Morgan fingerprint density at radius 1 is 1.03 bits per heavy atom. The number of aliphatic imine (C=N–C) groups is 1. The summed E-state index contributed by atoms with van der Waals surface area (Å²) in [6.07, 6.45) is 2.51. The number of halogens is 1. The number of fused-ring (bicyclic) bond motifs is 1. The van der Waals surface area contributed by atoms with Gasteiger partial charge in [0.1, 0.15) is 5.75 Å². The van der Waals surface area contributed by atoms with Crippen LogP contribution >= 0.6 is 24.0 Å². The molecule has 2 aromatic rings. The molecule has 8 heteroatoms. The second-order valence-corrected chi connectivity index (χ2v) is 7.52. The fourth-order valence-electron chi connectivity index (χ4n) is 3.41. The molecule has 4 rings (SSSR count). The first-order valence-corrected chi connectivity index (χ1v) is 10.3. The number of hydrogen-bond donors (Lipinski definition) is 2. The third-order valence-corrected chi connectivity index (χ3v) is 5.32. The maximum Gasteiger partial charge on any atom is 0.261 e. The minimum atomic E-state index is -0.248. The second-order valence-electron chi connectivity index (χ2n) is 7.52. The van der Waals surface area contributed by atoms with Crippen molar-refractivity contribution < 1.29 is 14.3 Å². The highest BCUT2D eigenvalue weighted by Crippen LogP contribution is 2.30. The predicted molar refractivity (Wildman–Crippen MR) is 130 cm³/mol. The van der Waals surface area contributed by atoms with Crippen LogP contribution in [0.5, 0.6) is 5.75 Å². The van der Waals surface area contributed by atoms with Gasteiger partial charge in [0, 0.05) is 32.2 Å². The highest BCUT2D eigenvalue weighted by molar-refractivity contribution is 14.0. The summed E-state index contributed by atoms with van der Waals surface area (Å²) >= 11 is 0. The summed E-state index contributed by atoms with van der Waals surface area (Å²) in [6, 6.07) is 14.9. The number of imide groups is 1. The Hall–Kier alpha value is -2.62. The molecule has 2 aliphatic rings. The molecule has 2 aromatic carbocycles. The summed E-state index contributed by atoms with van der Waals surface area (Å²) in [6.45, 7) is 2.01. The summed E-state index contributed by atoms with van der Waals surface area (Å²) in [5.74, 6) is 1.69. The number of hydrogen-bond acceptors (Lipinski definition) is 4. The minimum Gasteiger partial charge on any atom is -0.493 e. The molecule has 0 atom stereocenters. The number of para-hydroxylation sites is 1. The van der Waals surface area contributed by atoms with Crippen molar-refractivity contribution >= 4 is 41.8 Å². The van der Waals surface area contributed by atoms with Crippen molar-refractivity contribution in [2.24, 2.45) is 10.9 Å². The van der Waals surface area contributed by atoms with Crippen LogP contribution in [0.15, 0.2) is 53.5 Å². The number of amides is 2. The van der Waals surface area contributed by atoms with Gasteiger partial charge in [0.05, 0.1) is 17.7 Å². The van der Waals surface area contributed by atoms with Gasteiger partial charge in [-0.2, -0.15) is 0 Å². The standard InChI is InChI=1S/C23H26N4O3.HI/c1-24-23(26-14-17-6-2-5-9-20(17)30-15-16-10-11-16)25-12-13-27-21(28)18-7-3-4-8-19(18)22(27)29;/h2-9,16H,10-15H2,1H3,(H2,24,25,26);1H. The van der Waals surface area contributed by atoms with Crippen LogP contribution in [-0.4, -0.2) is 49.4 Å². The van der Waals surface area contributed by atoms with E-state index in [1.807, 2.05) is 24.3 Å². The summed E-state index contributed by atoms with van der Waals surface area (Å²) in [5.41, 5.74) is 1.99. The van der Waals surface area contributed by atoms with Crippen molar-refractivity contribution in [3.8, 4) is 5.75 Å². The van der Waals surface area contributed by atoms with Crippen LogP contribution in [0.25, 0.3) is 0 Å². The molecule has 2 amide bonds. The number of benzene rings is 2. The first kappa shape index (κ1) is 23.1. The number of ether oxygens (including phenoxy) is 1. The molecule has 0 aromatic heterocycles. The first-order chi connectivity index (χ1) is 14.7. The molecule has 31 heavy (non-hydrogen) atoms. The Balaban J connectivity index is 0.00000272. The van der Waals surface area contributed by atoms with Crippen LogP contribution in [0, 0.1) is 5.92 Å². The third-order valence-electron chi connectivity index (χ3n) is 5.32. The van der Waals surface area contributed by atoms with Crippen molar-refractivity contribution in [2.45, 2.75) is 19.4 Å². The Kier molecular flexibility index (Phi) is 7.89. The molecule has 1 aliphatic heterocycles. The number of rotatable bonds is 8. The number of nitrogens with zero attached hydrogens (tertiary/aromatic N) is 2. The zero-order valence-corrected chi connectivity index (χ0v) is 19.8. The van der Waals surface area contributed by atoms with Crippen LogP contribution in [-0.2, 0) is 6.54 Å². The fourth-order valence-corrected chi connectivity index (χ4v) is 3.41. The molecular formula is C23H27IN4O3. The lowest BCUT2D eigenvalue weighted by atomic mass is 10.1. The van der Waals surface area contributed by atoms with Gasteiger partial charge >= 0.3 is 0 Å². The van der Waals surface area contributed by atoms with E-state index in [0.717, 1.165) is 17.9 Å². The lowest BCUT2D eigenvalue weighted by molar-refractivity contribution is 0.0657. The van der Waals surface area contributed by atoms with Crippen LogP contribution in [0.4, 0.5) is 0 Å². The molecular weight excluding hydrogens is 507 g/mol. The average molecular weight is 534 g/mol. The summed E-state index contributed by atoms with van der Waals surface area (Å²) in [4.78, 5) is 30.4. The lowest BCUT2D eigenvalue weighted by Crippen LogP contribution is -2.42. The monoisotopic (exact) mass is 534 g/mol. The van der Waals surface area contributed by atoms with Crippen molar-refractivity contribution in [1.82, 2.24) is 15.5 Å². The molecule has 164 valence electrons. The minimum absolute atomic E-state index is 0. The van der Waals surface area contributed by atoms with Crippen molar-refractivity contribution in [1.29, 1.82) is 0 Å². The highest BCUT2D eigenvalue weighted by Gasteiger charge is 2.34. The summed E-state index contributed by atoms with van der Waals surface area (Å²) < 4.78 is 5.95. The van der Waals surface area contributed by atoms with Crippen LogP contribution in [0.3, 0.4) is 0 Å². The van der Waals surface area contributed by atoms with E-state index in [9.17, 15) is 9.59 Å². The maximum atomic E-state index is 12.4. The molecule has 1 fully saturated rings. The molecule has 0 bridgehead atoms. The number of nitrogens with one attached hydrogen (secondary N) is 2. The van der Waals surface area contributed by atoms with Crippen LogP contribution in [0.1, 0.15) is 39.1 Å². The second kappa shape index (κ2) is 10.6. The number of carbonyl (C=O) groups is 2. The molecule has 1 heterocycles. The van der Waals surface area contributed by atoms with Crippen LogP contribution in [0.2, 0.25) is 0 Å². The van der Waals surface area contributed by atoms with Gasteiger partial charge in [-0.15, -0.1) is 24.0 Å². The summed E-state index contributed by atoms with van der Waals surface area (Å²) in [7, 11) is 1.69. The largest absolute Gasteiger partial charge is 0.493 e. The van der Waals surface area contributed by atoms with E-state index in [0.29, 0.717) is 36.1 Å². The molecule has 0 spiro atoms. The zero-order chi connectivity index (χ0) is 20.9. The van der Waals surface area contributed by atoms with Crippen LogP contribution < -0.4 is 15.4 Å². The van der Waals surface area contributed by atoms with Gasteiger partial charge in [0.15, 0.2) is 5.96 Å². The maximum absolute atomic E-state index is 12.4. The van der Waals surface area contributed by atoms with Gasteiger partial charge in [0.2, 0.25) is 0 Å². The molecule has 1 aliphatic carbocycles. The first-order valence-electron chi connectivity index (χ1n) is 10.3. The van der Waals surface area contributed by atoms with Gasteiger partial charge in [-0.1, -0.05) is 30.3 Å². The molecule has 1 saturated carbocycles. The molecule has 0 saturated heterocycles. The van der Waals surface area contributed by atoms with Crippen molar-refractivity contribution in [3.63, 3.8) is 0 Å². The fraction of sp³-hybridized carbons (Fsp3) is 0.348. The smallest absolute Gasteiger partial charge is 0.261 e. The number of carbonyl (C=O) groups excluding carboxylic acids is 2. The Morgan fingerprint density at radius 3 is 2.32 bits per heavy atom. The molecule has 7 nitrogen and oxygen atoms in total. The van der Waals surface area contributed by atoms with E-state index < -0.39 is 0 Å². The van der Waals surface area contributed by atoms with E-state index >= 15 is 0 Å². The van der Waals surface area contributed by atoms with Crippen molar-refractivity contribution in [3.05, 3.63) is 65.2 Å². The van der Waals surface area contributed by atoms with Gasteiger partial charge in [-0.05, 0) is 37.0 Å². The van der Waals surface area contributed by atoms with E-state index in [4.69, 9.17) is 4.74 Å². The van der Waals surface area contributed by atoms with Gasteiger partial charge in [-0.3, -0.25) is 19.5 Å². The lowest BCUT2D eigenvalue weighted by Gasteiger charge is -2.17. The highest BCUT2D eigenvalue weighted by atomic mass is 127.